The number of nitrogens with two attached hydrogens (primary N) is 2. The minimum absolute atomic E-state index is 0.0382. The van der Waals surface area contributed by atoms with Gasteiger partial charge in [-0.25, -0.2) is 0 Å². The molecule has 1 aliphatic rings. The van der Waals surface area contributed by atoms with Gasteiger partial charge in [0.05, 0.1) is 6.04 Å². The second-order valence-electron chi connectivity index (χ2n) is 5.82. The van der Waals surface area contributed by atoms with Crippen molar-refractivity contribution in [2.75, 3.05) is 13.1 Å². The summed E-state index contributed by atoms with van der Waals surface area (Å²) in [6.45, 7) is 1.66. The summed E-state index contributed by atoms with van der Waals surface area (Å²) >= 11 is 5.96. The van der Waals surface area contributed by atoms with Crippen LogP contribution in [0.25, 0.3) is 0 Å². The number of halogens is 1. The van der Waals surface area contributed by atoms with Crippen LogP contribution in [0, 0.1) is 0 Å². The van der Waals surface area contributed by atoms with E-state index in [2.05, 4.69) is 0 Å². The van der Waals surface area contributed by atoms with Crippen LogP contribution in [0.3, 0.4) is 0 Å². The molecule has 1 fully saturated rings. The SMILES string of the molecule is NC(Cc1cccc(Cl)c1)C[C@H](N)C(=O)N1CCCCC1. The molecule has 0 radical (unpaired) electrons. The molecule has 21 heavy (non-hydrogen) atoms. The summed E-state index contributed by atoms with van der Waals surface area (Å²) in [5, 5.41) is 0.702. The van der Waals surface area contributed by atoms with Crippen LogP contribution in [0.1, 0.15) is 31.2 Å². The summed E-state index contributed by atoms with van der Waals surface area (Å²) in [4.78, 5) is 14.1. The van der Waals surface area contributed by atoms with Crippen molar-refractivity contribution in [1.29, 1.82) is 0 Å². The Hall–Kier alpha value is -1.10. The van der Waals surface area contributed by atoms with Crippen molar-refractivity contribution >= 4 is 17.5 Å². The third-order valence-corrected chi connectivity index (χ3v) is 4.16. The summed E-state index contributed by atoms with van der Waals surface area (Å²) in [6, 6.07) is 7.00. The molecule has 5 heteroatoms. The number of rotatable bonds is 5. The largest absolute Gasteiger partial charge is 0.341 e. The first-order chi connectivity index (χ1) is 10.1. The zero-order valence-electron chi connectivity index (χ0n) is 12.3. The van der Waals surface area contributed by atoms with E-state index >= 15 is 0 Å². The van der Waals surface area contributed by atoms with Crippen LogP contribution in [0.2, 0.25) is 5.02 Å². The molecule has 0 saturated carbocycles. The van der Waals surface area contributed by atoms with E-state index in [1.54, 1.807) is 0 Å². The second-order valence-corrected chi connectivity index (χ2v) is 6.26. The fourth-order valence-electron chi connectivity index (χ4n) is 2.83. The molecule has 0 aliphatic carbocycles. The van der Waals surface area contributed by atoms with Crippen molar-refractivity contribution in [3.05, 3.63) is 34.9 Å². The molecule has 4 nitrogen and oxygen atoms in total. The number of hydrogen-bond acceptors (Lipinski definition) is 3. The van der Waals surface area contributed by atoms with Gasteiger partial charge in [0.25, 0.3) is 0 Å². The van der Waals surface area contributed by atoms with Crippen LogP contribution in [0.4, 0.5) is 0 Å². The van der Waals surface area contributed by atoms with Crippen molar-refractivity contribution in [3.8, 4) is 0 Å². The van der Waals surface area contributed by atoms with Gasteiger partial charge in [0.1, 0.15) is 0 Å². The van der Waals surface area contributed by atoms with Gasteiger partial charge in [-0.15, -0.1) is 0 Å². The van der Waals surface area contributed by atoms with Crippen molar-refractivity contribution in [3.63, 3.8) is 0 Å². The van der Waals surface area contributed by atoms with Gasteiger partial charge in [0.2, 0.25) is 5.91 Å². The summed E-state index contributed by atoms with van der Waals surface area (Å²) < 4.78 is 0. The average molecular weight is 310 g/mol. The molecule has 1 heterocycles. The van der Waals surface area contributed by atoms with Crippen LogP contribution in [-0.4, -0.2) is 36.0 Å². The normalized spacial score (nSPS) is 18.3. The first-order valence-electron chi connectivity index (χ1n) is 7.60. The predicted molar refractivity (Wildman–Crippen MR) is 86.2 cm³/mol. The van der Waals surface area contributed by atoms with Gasteiger partial charge in [0, 0.05) is 24.2 Å². The summed E-state index contributed by atoms with van der Waals surface area (Å²) in [7, 11) is 0. The van der Waals surface area contributed by atoms with E-state index in [0.29, 0.717) is 17.9 Å². The molecule has 0 spiro atoms. The number of hydrogen-bond donors (Lipinski definition) is 2. The number of likely N-dealkylation sites (tertiary alicyclic amines) is 1. The molecule has 4 N–H and O–H groups in total. The maximum Gasteiger partial charge on any atom is 0.239 e. The summed E-state index contributed by atoms with van der Waals surface area (Å²) in [5.41, 5.74) is 13.2. The fourth-order valence-corrected chi connectivity index (χ4v) is 3.04. The highest BCUT2D eigenvalue weighted by Crippen LogP contribution is 2.14. The third kappa shape index (κ3) is 4.99. The van der Waals surface area contributed by atoms with E-state index < -0.39 is 6.04 Å². The molecule has 0 aromatic heterocycles. The van der Waals surface area contributed by atoms with Gasteiger partial charge in [-0.05, 0) is 49.8 Å². The Bertz CT molecular complexity index is 474. The molecule has 0 bridgehead atoms. The minimum atomic E-state index is -0.503. The van der Waals surface area contributed by atoms with Gasteiger partial charge in [-0.2, -0.15) is 0 Å². The minimum Gasteiger partial charge on any atom is -0.341 e. The molecular formula is C16H24ClN3O. The Morgan fingerprint density at radius 2 is 1.95 bits per heavy atom. The van der Waals surface area contributed by atoms with Gasteiger partial charge < -0.3 is 16.4 Å². The van der Waals surface area contributed by atoms with Crippen molar-refractivity contribution in [1.82, 2.24) is 4.90 Å². The maximum atomic E-state index is 12.3. The van der Waals surface area contributed by atoms with Crippen LogP contribution < -0.4 is 11.5 Å². The Balaban J connectivity index is 1.83. The molecule has 1 aromatic rings. The Labute approximate surface area is 131 Å². The van der Waals surface area contributed by atoms with Crippen LogP contribution in [0.15, 0.2) is 24.3 Å². The number of piperidine rings is 1. The maximum absolute atomic E-state index is 12.3. The molecule has 2 rings (SSSR count). The lowest BCUT2D eigenvalue weighted by Crippen LogP contribution is -2.48. The third-order valence-electron chi connectivity index (χ3n) is 3.93. The lowest BCUT2D eigenvalue weighted by molar-refractivity contribution is -0.133. The molecule has 116 valence electrons. The van der Waals surface area contributed by atoms with Gasteiger partial charge in [-0.1, -0.05) is 23.7 Å². The zero-order valence-corrected chi connectivity index (χ0v) is 13.1. The molecule has 2 atom stereocenters. The molecule has 1 unspecified atom stereocenters. The molecule has 1 aromatic carbocycles. The highest BCUT2D eigenvalue weighted by molar-refractivity contribution is 6.30. The van der Waals surface area contributed by atoms with E-state index in [1.165, 1.54) is 6.42 Å². The van der Waals surface area contributed by atoms with Crippen LogP contribution in [-0.2, 0) is 11.2 Å². The van der Waals surface area contributed by atoms with Crippen molar-refractivity contribution < 1.29 is 4.79 Å². The van der Waals surface area contributed by atoms with Gasteiger partial charge in [-0.3, -0.25) is 4.79 Å². The van der Waals surface area contributed by atoms with Crippen LogP contribution >= 0.6 is 11.6 Å². The van der Waals surface area contributed by atoms with Crippen LogP contribution in [0.5, 0.6) is 0 Å². The number of benzene rings is 1. The smallest absolute Gasteiger partial charge is 0.239 e. The second kappa shape index (κ2) is 7.78. The van der Waals surface area contributed by atoms with Crippen molar-refractivity contribution in [2.45, 2.75) is 44.2 Å². The first kappa shape index (κ1) is 16.3. The molecule has 1 aliphatic heterocycles. The number of nitrogens with zero attached hydrogens (tertiary/aromatic N) is 1. The molecule has 1 saturated heterocycles. The number of carbonyl (C=O) groups excluding carboxylic acids is 1. The molecular weight excluding hydrogens is 286 g/mol. The summed E-state index contributed by atoms with van der Waals surface area (Å²) in [6.07, 6.45) is 4.54. The average Bonchev–Trinajstić information content (AvgIpc) is 2.47. The number of carbonyl (C=O) groups is 1. The zero-order chi connectivity index (χ0) is 15.2. The first-order valence-corrected chi connectivity index (χ1v) is 7.98. The lowest BCUT2D eigenvalue weighted by Gasteiger charge is -2.29. The monoisotopic (exact) mass is 309 g/mol. The lowest BCUT2D eigenvalue weighted by atomic mass is 9.99. The summed E-state index contributed by atoms with van der Waals surface area (Å²) in [5.74, 6) is 0.0382. The quantitative estimate of drug-likeness (QED) is 0.873. The molecule has 1 amide bonds. The van der Waals surface area contributed by atoms with E-state index in [4.69, 9.17) is 23.1 Å². The highest BCUT2D eigenvalue weighted by Gasteiger charge is 2.24. The van der Waals surface area contributed by atoms with Gasteiger partial charge >= 0.3 is 0 Å². The number of amides is 1. The van der Waals surface area contributed by atoms with Crippen molar-refractivity contribution in [2.24, 2.45) is 11.5 Å². The van der Waals surface area contributed by atoms with Gasteiger partial charge in [0.15, 0.2) is 0 Å². The standard InChI is InChI=1S/C16H24ClN3O/c17-13-6-4-5-12(9-13)10-14(18)11-15(19)16(21)20-7-2-1-3-8-20/h4-6,9,14-15H,1-3,7-8,10-11,18-19H2/t14?,15-/m0/s1. The Morgan fingerprint density at radius 1 is 1.24 bits per heavy atom. The van der Waals surface area contributed by atoms with E-state index in [9.17, 15) is 4.79 Å². The fraction of sp³-hybridized carbons (Fsp3) is 0.562. The van der Waals surface area contributed by atoms with E-state index in [0.717, 1.165) is 31.5 Å². The Morgan fingerprint density at radius 3 is 2.62 bits per heavy atom. The highest BCUT2D eigenvalue weighted by atomic mass is 35.5. The predicted octanol–water partition coefficient (Wildman–Crippen LogP) is 1.94. The van der Waals surface area contributed by atoms with E-state index in [1.807, 2.05) is 29.2 Å². The Kier molecular flexibility index (Phi) is 6.03. The van der Waals surface area contributed by atoms with E-state index in [-0.39, 0.29) is 11.9 Å². The topological polar surface area (TPSA) is 72.3 Å².